The van der Waals surface area contributed by atoms with E-state index < -0.39 is 10.0 Å². The van der Waals surface area contributed by atoms with E-state index in [9.17, 15) is 13.2 Å². The van der Waals surface area contributed by atoms with Crippen LogP contribution in [-0.4, -0.2) is 24.6 Å². The molecular weight excluding hydrogens is 432 g/mol. The number of nitrogens with one attached hydrogen (secondary N) is 2. The van der Waals surface area contributed by atoms with Crippen LogP contribution in [0.4, 0.5) is 11.6 Å². The molecule has 2 heterocycles. The van der Waals surface area contributed by atoms with Gasteiger partial charge in [-0.25, -0.2) is 13.1 Å². The average Bonchev–Trinajstić information content (AvgIpc) is 3.26. The van der Waals surface area contributed by atoms with Gasteiger partial charge in [-0.15, -0.1) is 0 Å². The summed E-state index contributed by atoms with van der Waals surface area (Å²) in [5.41, 5.74) is 4.90. The molecule has 0 unspecified atom stereocenters. The van der Waals surface area contributed by atoms with Crippen LogP contribution in [0.1, 0.15) is 28.1 Å². The Bertz CT molecular complexity index is 1420. The highest BCUT2D eigenvalue weighted by Crippen LogP contribution is 2.25. The Morgan fingerprint density at radius 3 is 2.38 bits per heavy atom. The topological polar surface area (TPSA) is 127 Å². The Morgan fingerprint density at radius 1 is 1.00 bits per heavy atom. The predicted octanol–water partition coefficient (Wildman–Crippen LogP) is 4.03. The van der Waals surface area contributed by atoms with Gasteiger partial charge in [0, 0.05) is 16.6 Å². The quantitative estimate of drug-likeness (QED) is 0.450. The molecule has 9 nitrogen and oxygen atoms in total. The van der Waals surface area contributed by atoms with Crippen molar-refractivity contribution < 1.29 is 22.3 Å². The minimum absolute atomic E-state index is 0.0254. The maximum atomic E-state index is 12.6. The Morgan fingerprint density at radius 2 is 1.72 bits per heavy atom. The number of hydrogen-bond acceptors (Lipinski definition) is 7. The lowest BCUT2D eigenvalue weighted by Gasteiger charge is -2.08. The smallest absolute Gasteiger partial charge is 0.264 e. The van der Waals surface area contributed by atoms with Crippen molar-refractivity contribution in [3.8, 4) is 0 Å². The van der Waals surface area contributed by atoms with Gasteiger partial charge in [-0.2, -0.15) is 0 Å². The number of aromatic nitrogens is 2. The number of sulfonamides is 1. The Kier molecular flexibility index (Phi) is 5.47. The van der Waals surface area contributed by atoms with Crippen molar-refractivity contribution in [3.63, 3.8) is 0 Å². The molecule has 32 heavy (non-hydrogen) atoms. The molecule has 0 atom stereocenters. The monoisotopic (exact) mass is 454 g/mol. The highest BCUT2D eigenvalue weighted by Gasteiger charge is 2.20. The summed E-state index contributed by atoms with van der Waals surface area (Å²) in [5.74, 6) is -0.217. The summed E-state index contributed by atoms with van der Waals surface area (Å²) >= 11 is 0. The van der Waals surface area contributed by atoms with Crippen LogP contribution in [0, 0.1) is 27.7 Å². The maximum absolute atomic E-state index is 12.6. The average molecular weight is 455 g/mol. The van der Waals surface area contributed by atoms with E-state index in [1.54, 1.807) is 13.8 Å². The van der Waals surface area contributed by atoms with Gasteiger partial charge in [0.2, 0.25) is 11.8 Å². The summed E-state index contributed by atoms with van der Waals surface area (Å²) < 4.78 is 37.9. The molecule has 4 aromatic rings. The first kappa shape index (κ1) is 21.6. The molecule has 0 fully saturated rings. The zero-order valence-electron chi connectivity index (χ0n) is 18.0. The van der Waals surface area contributed by atoms with Gasteiger partial charge in [0.25, 0.3) is 10.0 Å². The molecule has 0 aliphatic rings. The van der Waals surface area contributed by atoms with Gasteiger partial charge in [0.1, 0.15) is 5.69 Å². The SMILES string of the molecule is Cc1cc(C)c2onc(CC(=O)Nc3ccc(S(=O)(=O)Nc4onc(C)c4C)cc3)c2c1. The van der Waals surface area contributed by atoms with Gasteiger partial charge in [-0.05, 0) is 69.2 Å². The lowest BCUT2D eigenvalue weighted by atomic mass is 10.1. The summed E-state index contributed by atoms with van der Waals surface area (Å²) in [4.78, 5) is 12.5. The van der Waals surface area contributed by atoms with Crippen molar-refractivity contribution in [3.05, 3.63) is 64.5 Å². The van der Waals surface area contributed by atoms with E-state index in [1.165, 1.54) is 24.3 Å². The molecule has 2 aromatic heterocycles. The Labute approximate surface area is 184 Å². The molecule has 2 aromatic carbocycles. The van der Waals surface area contributed by atoms with Crippen LogP contribution in [0.15, 0.2) is 50.3 Å². The van der Waals surface area contributed by atoms with E-state index in [4.69, 9.17) is 9.05 Å². The third-order valence-corrected chi connectivity index (χ3v) is 6.48. The fourth-order valence-electron chi connectivity index (χ4n) is 3.33. The number of benzene rings is 2. The molecule has 0 aliphatic heterocycles. The third-order valence-electron chi connectivity index (χ3n) is 5.14. The fourth-order valence-corrected chi connectivity index (χ4v) is 4.38. The standard InChI is InChI=1S/C22H22N4O5S/c1-12-9-13(2)21-18(10-12)19(25-30-21)11-20(27)23-16-5-7-17(8-6-16)32(28,29)26-22-14(3)15(4)24-31-22/h5-10,26H,11H2,1-4H3,(H,23,27). The van der Waals surface area contributed by atoms with Crippen molar-refractivity contribution >= 4 is 38.5 Å². The number of rotatable bonds is 6. The van der Waals surface area contributed by atoms with E-state index in [0.29, 0.717) is 28.2 Å². The molecule has 2 N–H and O–H groups in total. The van der Waals surface area contributed by atoms with Crippen LogP contribution < -0.4 is 10.0 Å². The summed E-state index contributed by atoms with van der Waals surface area (Å²) in [6.45, 7) is 7.33. The first-order valence-electron chi connectivity index (χ1n) is 9.85. The predicted molar refractivity (Wildman–Crippen MR) is 119 cm³/mol. The first-order chi connectivity index (χ1) is 15.1. The number of aryl methyl sites for hydroxylation is 3. The Hall–Kier alpha value is -3.66. The number of nitrogens with zero attached hydrogens (tertiary/aromatic N) is 2. The van der Waals surface area contributed by atoms with Crippen LogP contribution >= 0.6 is 0 Å². The van der Waals surface area contributed by atoms with Crippen LogP contribution in [-0.2, 0) is 21.2 Å². The van der Waals surface area contributed by atoms with E-state index in [1.807, 2.05) is 26.0 Å². The van der Waals surface area contributed by atoms with Crippen LogP contribution in [0.25, 0.3) is 11.0 Å². The van der Waals surface area contributed by atoms with Gasteiger partial charge in [0.05, 0.1) is 17.0 Å². The number of anilines is 2. The van der Waals surface area contributed by atoms with Crippen LogP contribution in [0.5, 0.6) is 0 Å². The summed E-state index contributed by atoms with van der Waals surface area (Å²) in [6, 6.07) is 9.75. The van der Waals surface area contributed by atoms with Crippen LogP contribution in [0.2, 0.25) is 0 Å². The lowest BCUT2D eigenvalue weighted by molar-refractivity contribution is -0.115. The second-order valence-electron chi connectivity index (χ2n) is 7.66. The second-order valence-corrected chi connectivity index (χ2v) is 9.35. The van der Waals surface area contributed by atoms with Gasteiger partial charge in [0.15, 0.2) is 5.58 Å². The van der Waals surface area contributed by atoms with Crippen molar-refractivity contribution in [1.82, 2.24) is 10.3 Å². The third kappa shape index (κ3) is 4.22. The lowest BCUT2D eigenvalue weighted by Crippen LogP contribution is -2.16. The normalized spacial score (nSPS) is 11.6. The van der Waals surface area contributed by atoms with E-state index in [2.05, 4.69) is 20.4 Å². The molecule has 0 saturated heterocycles. The molecule has 0 spiro atoms. The van der Waals surface area contributed by atoms with Gasteiger partial charge >= 0.3 is 0 Å². The van der Waals surface area contributed by atoms with Gasteiger partial charge < -0.3 is 14.4 Å². The zero-order valence-corrected chi connectivity index (χ0v) is 18.8. The second kappa shape index (κ2) is 8.12. The van der Waals surface area contributed by atoms with Gasteiger partial charge in [-0.1, -0.05) is 16.4 Å². The molecule has 166 valence electrons. The minimum Gasteiger partial charge on any atom is -0.356 e. The van der Waals surface area contributed by atoms with Gasteiger partial charge in [-0.3, -0.25) is 4.79 Å². The van der Waals surface area contributed by atoms with Crippen molar-refractivity contribution in [2.75, 3.05) is 10.0 Å². The van der Waals surface area contributed by atoms with Crippen molar-refractivity contribution in [2.45, 2.75) is 39.0 Å². The number of carbonyl (C=O) groups excluding carboxylic acids is 1. The number of fused-ring (bicyclic) bond motifs is 1. The maximum Gasteiger partial charge on any atom is 0.264 e. The van der Waals surface area contributed by atoms with Crippen LogP contribution in [0.3, 0.4) is 0 Å². The van der Waals surface area contributed by atoms with E-state index in [0.717, 1.165) is 16.5 Å². The van der Waals surface area contributed by atoms with Crippen molar-refractivity contribution in [1.29, 1.82) is 0 Å². The van der Waals surface area contributed by atoms with Crippen molar-refractivity contribution in [2.24, 2.45) is 0 Å². The number of amides is 1. The molecular formula is C22H22N4O5S. The Balaban J connectivity index is 1.46. The number of carbonyl (C=O) groups is 1. The summed E-state index contributed by atoms with van der Waals surface area (Å²) in [6.07, 6.45) is 0.0294. The molecule has 4 rings (SSSR count). The fraction of sp³-hybridized carbons (Fsp3) is 0.227. The van der Waals surface area contributed by atoms with E-state index >= 15 is 0 Å². The highest BCUT2D eigenvalue weighted by atomic mass is 32.2. The highest BCUT2D eigenvalue weighted by molar-refractivity contribution is 7.92. The molecule has 0 saturated carbocycles. The number of hydrogen-bond donors (Lipinski definition) is 2. The molecule has 0 bridgehead atoms. The molecule has 10 heteroatoms. The minimum atomic E-state index is -3.86. The molecule has 0 radical (unpaired) electrons. The molecule has 1 amide bonds. The zero-order chi connectivity index (χ0) is 23.0. The summed E-state index contributed by atoms with van der Waals surface area (Å²) in [5, 5.41) is 11.3. The largest absolute Gasteiger partial charge is 0.356 e. The molecule has 0 aliphatic carbocycles. The first-order valence-corrected chi connectivity index (χ1v) is 11.3. The summed E-state index contributed by atoms with van der Waals surface area (Å²) in [7, 11) is -3.86. The van der Waals surface area contributed by atoms with E-state index in [-0.39, 0.29) is 23.1 Å².